The van der Waals surface area contributed by atoms with Crippen molar-refractivity contribution in [1.82, 2.24) is 5.32 Å². The summed E-state index contributed by atoms with van der Waals surface area (Å²) in [5.74, 6) is 0.316. The molecule has 104 valence electrons. The maximum absolute atomic E-state index is 12.0. The molecule has 1 saturated heterocycles. The first-order chi connectivity index (χ1) is 8.50. The second-order valence-electron chi connectivity index (χ2n) is 5.30. The molecule has 0 aromatic heterocycles. The number of hydrogen-bond acceptors (Lipinski definition) is 3. The number of alkyl halides is 1. The van der Waals surface area contributed by atoms with Crippen molar-refractivity contribution in [3.63, 3.8) is 0 Å². The van der Waals surface area contributed by atoms with Crippen LogP contribution in [0.15, 0.2) is 0 Å². The molecule has 2 rings (SSSR count). The summed E-state index contributed by atoms with van der Waals surface area (Å²) in [5, 5.41) is 2.03. The minimum Gasteiger partial charge on any atom is -0.355 e. The Kier molecular flexibility index (Phi) is 4.69. The summed E-state index contributed by atoms with van der Waals surface area (Å²) in [5.41, 5.74) is 0. The van der Waals surface area contributed by atoms with Gasteiger partial charge in [-0.05, 0) is 31.6 Å². The van der Waals surface area contributed by atoms with Crippen LogP contribution in [-0.4, -0.2) is 36.7 Å². The summed E-state index contributed by atoms with van der Waals surface area (Å²) in [6, 6.07) is 0. The van der Waals surface area contributed by atoms with Gasteiger partial charge in [0.05, 0.1) is 5.75 Å². The van der Waals surface area contributed by atoms with Gasteiger partial charge in [0.1, 0.15) is 5.25 Å². The second kappa shape index (κ2) is 5.90. The Balaban J connectivity index is 1.87. The van der Waals surface area contributed by atoms with Gasteiger partial charge in [0.2, 0.25) is 5.91 Å². The Morgan fingerprint density at radius 3 is 2.56 bits per heavy atom. The van der Waals surface area contributed by atoms with E-state index in [0.29, 0.717) is 30.1 Å². The van der Waals surface area contributed by atoms with Crippen molar-refractivity contribution < 1.29 is 13.2 Å². The van der Waals surface area contributed by atoms with Crippen LogP contribution in [0.1, 0.15) is 38.5 Å². The van der Waals surface area contributed by atoms with E-state index in [-0.39, 0.29) is 11.7 Å². The molecule has 0 aromatic carbocycles. The molecule has 0 aromatic rings. The van der Waals surface area contributed by atoms with Gasteiger partial charge < -0.3 is 5.32 Å². The minimum atomic E-state index is -3.21. The molecule has 1 N–H and O–H groups in total. The summed E-state index contributed by atoms with van der Waals surface area (Å²) < 4.78 is 23.6. The lowest BCUT2D eigenvalue weighted by molar-refractivity contribution is -0.121. The van der Waals surface area contributed by atoms with E-state index in [2.05, 4.69) is 21.2 Å². The first-order valence-electron chi connectivity index (χ1n) is 6.64. The third-order valence-electron chi connectivity index (χ3n) is 3.98. The SMILES string of the molecule is O=C(NCC1CCCC1Br)C1CCCCS1(=O)=O. The minimum absolute atomic E-state index is 0.162. The molecule has 2 aliphatic rings. The standard InChI is InChI=1S/C12H20BrNO3S/c13-10-5-3-4-9(10)8-14-12(15)11-6-1-2-7-18(11,16)17/h9-11H,1-8H2,(H,14,15). The molecule has 18 heavy (non-hydrogen) atoms. The Labute approximate surface area is 117 Å². The number of hydrogen-bond donors (Lipinski definition) is 1. The lowest BCUT2D eigenvalue weighted by Crippen LogP contribution is -2.44. The lowest BCUT2D eigenvalue weighted by atomic mass is 10.1. The lowest BCUT2D eigenvalue weighted by Gasteiger charge is -2.23. The van der Waals surface area contributed by atoms with E-state index < -0.39 is 15.1 Å². The third kappa shape index (κ3) is 3.26. The molecular formula is C12H20BrNO3S. The van der Waals surface area contributed by atoms with Crippen molar-refractivity contribution in [3.05, 3.63) is 0 Å². The molecule has 0 bridgehead atoms. The van der Waals surface area contributed by atoms with Gasteiger partial charge >= 0.3 is 0 Å². The Hall–Kier alpha value is -0.100. The van der Waals surface area contributed by atoms with E-state index >= 15 is 0 Å². The fraction of sp³-hybridized carbons (Fsp3) is 0.917. The van der Waals surface area contributed by atoms with Crippen LogP contribution in [0.3, 0.4) is 0 Å². The third-order valence-corrected chi connectivity index (χ3v) is 7.36. The van der Waals surface area contributed by atoms with Crippen molar-refractivity contribution >= 4 is 31.7 Å². The van der Waals surface area contributed by atoms with Gasteiger partial charge in [0.25, 0.3) is 0 Å². The molecule has 1 heterocycles. The normalized spacial score (nSPS) is 35.3. The number of sulfone groups is 1. The smallest absolute Gasteiger partial charge is 0.238 e. The molecule has 3 unspecified atom stereocenters. The predicted octanol–water partition coefficient (Wildman–Crippen LogP) is 1.63. The molecule has 3 atom stereocenters. The molecule has 1 saturated carbocycles. The molecule has 2 fully saturated rings. The fourth-order valence-electron chi connectivity index (χ4n) is 2.82. The highest BCUT2D eigenvalue weighted by Gasteiger charge is 2.35. The monoisotopic (exact) mass is 337 g/mol. The van der Waals surface area contributed by atoms with Crippen LogP contribution in [-0.2, 0) is 14.6 Å². The Morgan fingerprint density at radius 1 is 1.17 bits per heavy atom. The van der Waals surface area contributed by atoms with E-state index in [4.69, 9.17) is 0 Å². The molecule has 1 aliphatic heterocycles. The highest BCUT2D eigenvalue weighted by molar-refractivity contribution is 9.09. The predicted molar refractivity (Wildman–Crippen MR) is 74.5 cm³/mol. The van der Waals surface area contributed by atoms with E-state index in [9.17, 15) is 13.2 Å². The molecule has 0 radical (unpaired) electrons. The van der Waals surface area contributed by atoms with Gasteiger partial charge in [-0.2, -0.15) is 0 Å². The van der Waals surface area contributed by atoms with Gasteiger partial charge in [-0.15, -0.1) is 0 Å². The molecule has 1 amide bonds. The zero-order chi connectivity index (χ0) is 13.2. The van der Waals surface area contributed by atoms with E-state index in [0.717, 1.165) is 19.3 Å². The van der Waals surface area contributed by atoms with Gasteiger partial charge in [-0.25, -0.2) is 8.42 Å². The summed E-state index contributed by atoms with van der Waals surface area (Å²) >= 11 is 3.60. The number of carbonyl (C=O) groups is 1. The largest absolute Gasteiger partial charge is 0.355 e. The van der Waals surface area contributed by atoms with Crippen molar-refractivity contribution in [2.75, 3.05) is 12.3 Å². The highest BCUT2D eigenvalue weighted by Crippen LogP contribution is 2.31. The average Bonchev–Trinajstić information content (AvgIpc) is 2.71. The first kappa shape index (κ1) is 14.3. The zero-order valence-corrected chi connectivity index (χ0v) is 12.8. The van der Waals surface area contributed by atoms with Crippen molar-refractivity contribution in [2.45, 2.75) is 48.6 Å². The first-order valence-corrected chi connectivity index (χ1v) is 9.27. The maximum atomic E-state index is 12.0. The van der Waals surface area contributed by atoms with E-state index in [1.54, 1.807) is 0 Å². The number of rotatable bonds is 3. The number of carbonyl (C=O) groups excluding carboxylic acids is 1. The van der Waals surface area contributed by atoms with Crippen LogP contribution in [0.5, 0.6) is 0 Å². The fourth-order valence-corrected chi connectivity index (χ4v) is 5.42. The number of halogens is 1. The summed E-state index contributed by atoms with van der Waals surface area (Å²) in [6.07, 6.45) is 5.44. The molecule has 0 spiro atoms. The average molecular weight is 338 g/mol. The van der Waals surface area contributed by atoms with Crippen LogP contribution in [0.25, 0.3) is 0 Å². The van der Waals surface area contributed by atoms with Crippen molar-refractivity contribution in [3.8, 4) is 0 Å². The number of amides is 1. The van der Waals surface area contributed by atoms with Crippen LogP contribution < -0.4 is 5.32 Å². The van der Waals surface area contributed by atoms with E-state index in [1.165, 1.54) is 6.42 Å². The van der Waals surface area contributed by atoms with Crippen LogP contribution in [0.2, 0.25) is 0 Å². The van der Waals surface area contributed by atoms with Crippen LogP contribution in [0, 0.1) is 5.92 Å². The van der Waals surface area contributed by atoms with Gasteiger partial charge in [0, 0.05) is 11.4 Å². The number of nitrogens with one attached hydrogen (secondary N) is 1. The Bertz CT molecular complexity index is 410. The van der Waals surface area contributed by atoms with Gasteiger partial charge in [-0.3, -0.25) is 4.79 Å². The second-order valence-corrected chi connectivity index (χ2v) is 8.78. The van der Waals surface area contributed by atoms with Gasteiger partial charge in [0.15, 0.2) is 9.84 Å². The quantitative estimate of drug-likeness (QED) is 0.796. The Morgan fingerprint density at radius 2 is 1.94 bits per heavy atom. The van der Waals surface area contributed by atoms with Crippen LogP contribution in [0.4, 0.5) is 0 Å². The molecule has 1 aliphatic carbocycles. The molecule has 6 heteroatoms. The van der Waals surface area contributed by atoms with Crippen LogP contribution >= 0.6 is 15.9 Å². The topological polar surface area (TPSA) is 63.2 Å². The molecule has 4 nitrogen and oxygen atoms in total. The van der Waals surface area contributed by atoms with Crippen molar-refractivity contribution in [1.29, 1.82) is 0 Å². The van der Waals surface area contributed by atoms with Crippen molar-refractivity contribution in [2.24, 2.45) is 5.92 Å². The van der Waals surface area contributed by atoms with E-state index in [1.807, 2.05) is 0 Å². The highest BCUT2D eigenvalue weighted by atomic mass is 79.9. The zero-order valence-electron chi connectivity index (χ0n) is 10.4. The maximum Gasteiger partial charge on any atom is 0.238 e. The molecular weight excluding hydrogens is 318 g/mol. The summed E-state index contributed by atoms with van der Waals surface area (Å²) in [4.78, 5) is 12.4. The van der Waals surface area contributed by atoms with Gasteiger partial charge in [-0.1, -0.05) is 28.8 Å². The summed E-state index contributed by atoms with van der Waals surface area (Å²) in [6.45, 7) is 0.598. The summed E-state index contributed by atoms with van der Waals surface area (Å²) in [7, 11) is -3.21.